The van der Waals surface area contributed by atoms with Crippen LogP contribution in [0.15, 0.2) is 21.9 Å². The van der Waals surface area contributed by atoms with Crippen LogP contribution in [0.5, 0.6) is 0 Å². The van der Waals surface area contributed by atoms with Crippen LogP contribution in [0.2, 0.25) is 0 Å². The van der Waals surface area contributed by atoms with Gasteiger partial charge in [-0.05, 0) is 26.2 Å². The van der Waals surface area contributed by atoms with E-state index in [4.69, 9.17) is 24.0 Å². The average molecular weight is 373 g/mol. The van der Waals surface area contributed by atoms with Gasteiger partial charge in [0.2, 0.25) is 0 Å². The average Bonchev–Trinajstić information content (AvgIpc) is 2.75. The number of ether oxygens (including phenoxy) is 1. The molecule has 3 fully saturated rings. The Morgan fingerprint density at radius 1 is 1.44 bits per heavy atom. The van der Waals surface area contributed by atoms with Crippen molar-refractivity contribution in [2.75, 3.05) is 6.61 Å². The van der Waals surface area contributed by atoms with E-state index in [0.717, 1.165) is 19.3 Å². The zero-order chi connectivity index (χ0) is 17.8. The van der Waals surface area contributed by atoms with E-state index >= 15 is 0 Å². The number of H-pyrrole nitrogens is 1. The van der Waals surface area contributed by atoms with E-state index < -0.39 is 43.0 Å². The van der Waals surface area contributed by atoms with Gasteiger partial charge in [-0.2, -0.15) is 0 Å². The highest BCUT2D eigenvalue weighted by Gasteiger charge is 2.59. The van der Waals surface area contributed by atoms with Gasteiger partial charge < -0.3 is 10.5 Å². The van der Waals surface area contributed by atoms with Crippen LogP contribution in [0.1, 0.15) is 32.4 Å². The third-order valence-corrected chi connectivity index (χ3v) is 6.37. The highest BCUT2D eigenvalue weighted by atomic mass is 31.2. The molecule has 0 bridgehead atoms. The van der Waals surface area contributed by atoms with Crippen LogP contribution in [0.4, 0.5) is 0 Å². The lowest BCUT2D eigenvalue weighted by Gasteiger charge is -2.38. The molecule has 3 heterocycles. The molecule has 0 radical (unpaired) electrons. The van der Waals surface area contributed by atoms with E-state index in [2.05, 4.69) is 4.98 Å². The zero-order valence-corrected chi connectivity index (χ0v) is 14.5. The van der Waals surface area contributed by atoms with Crippen LogP contribution in [-0.4, -0.2) is 40.0 Å². The minimum atomic E-state index is -3.73. The highest BCUT2D eigenvalue weighted by molar-refractivity contribution is 7.48. The van der Waals surface area contributed by atoms with Crippen LogP contribution in [-0.2, 0) is 22.9 Å². The lowest BCUT2D eigenvalue weighted by atomic mass is 9.93. The van der Waals surface area contributed by atoms with Crippen LogP contribution >= 0.6 is 7.82 Å². The number of nitrogens with zero attached hydrogens (tertiary/aromatic N) is 1. The summed E-state index contributed by atoms with van der Waals surface area (Å²) in [5.74, 6) is 0. The fourth-order valence-electron chi connectivity index (χ4n) is 3.26. The van der Waals surface area contributed by atoms with Gasteiger partial charge in [-0.25, -0.2) is 9.36 Å². The van der Waals surface area contributed by atoms with Crippen LogP contribution < -0.4 is 17.0 Å². The molecule has 0 amide bonds. The van der Waals surface area contributed by atoms with Crippen LogP contribution in [0.3, 0.4) is 0 Å². The molecule has 0 spiro atoms. The van der Waals surface area contributed by atoms with E-state index in [1.165, 1.54) is 16.8 Å². The van der Waals surface area contributed by atoms with E-state index in [0.29, 0.717) is 0 Å². The molecule has 3 aliphatic rings. The molecule has 1 aliphatic carbocycles. The van der Waals surface area contributed by atoms with Crippen molar-refractivity contribution in [3.63, 3.8) is 0 Å². The van der Waals surface area contributed by atoms with Gasteiger partial charge in [-0.3, -0.25) is 27.9 Å². The molecule has 11 heteroatoms. The van der Waals surface area contributed by atoms with E-state index in [-0.39, 0.29) is 12.7 Å². The molecule has 5 atom stereocenters. The van der Waals surface area contributed by atoms with Crippen molar-refractivity contribution >= 4 is 7.82 Å². The maximum absolute atomic E-state index is 12.7. The molecule has 0 aromatic carbocycles. The number of hydrogen-bond acceptors (Lipinski definition) is 8. The van der Waals surface area contributed by atoms with Gasteiger partial charge in [0, 0.05) is 12.3 Å². The van der Waals surface area contributed by atoms with Crippen LogP contribution in [0.25, 0.3) is 0 Å². The third kappa shape index (κ3) is 2.92. The van der Waals surface area contributed by atoms with Crippen molar-refractivity contribution in [1.29, 1.82) is 0 Å². The number of phosphoric acid groups is 1. The summed E-state index contributed by atoms with van der Waals surface area (Å²) >= 11 is 0. The molecule has 25 heavy (non-hydrogen) atoms. The first-order valence-electron chi connectivity index (χ1n) is 8.16. The number of aromatic nitrogens is 2. The van der Waals surface area contributed by atoms with Crippen molar-refractivity contribution < 1.29 is 22.9 Å². The molecule has 2 saturated heterocycles. The van der Waals surface area contributed by atoms with Gasteiger partial charge in [0.15, 0.2) is 6.23 Å². The Bertz CT molecular complexity index is 830. The van der Waals surface area contributed by atoms with Crippen molar-refractivity contribution in [2.24, 2.45) is 5.73 Å². The fourth-order valence-corrected chi connectivity index (χ4v) is 4.98. The minimum absolute atomic E-state index is 0.0178. The van der Waals surface area contributed by atoms with E-state index in [1.807, 2.05) is 0 Å². The Kier molecular flexibility index (Phi) is 4.02. The van der Waals surface area contributed by atoms with Gasteiger partial charge in [0.1, 0.15) is 12.2 Å². The number of rotatable bonds is 3. The zero-order valence-electron chi connectivity index (χ0n) is 13.6. The second-order valence-corrected chi connectivity index (χ2v) is 8.41. The summed E-state index contributed by atoms with van der Waals surface area (Å²) in [6, 6.07) is 1.20. The summed E-state index contributed by atoms with van der Waals surface area (Å²) in [5, 5.41) is 0. The SMILES string of the molecule is C[C@@]1(N)C2O[P@](=O)(OC3CCC3)OC[C@H]2O[C@H]1n1ccc(=O)[nH]c1=O. The van der Waals surface area contributed by atoms with Crippen molar-refractivity contribution in [2.45, 2.75) is 56.3 Å². The third-order valence-electron chi connectivity index (χ3n) is 4.86. The molecule has 138 valence electrons. The summed E-state index contributed by atoms with van der Waals surface area (Å²) in [5.41, 5.74) is 4.02. The smallest absolute Gasteiger partial charge is 0.347 e. The summed E-state index contributed by atoms with van der Waals surface area (Å²) in [6.45, 7) is 1.62. The standard InChI is InChI=1S/C14H20N3O7P/c1-14(15)11-9(7-21-25(20,24-11)23-8-3-2-4-8)22-12(14)17-6-5-10(18)16-13(17)19/h5-6,8-9,11-12H,2-4,7,15H2,1H3,(H,16,18,19)/t9-,11?,12-,14-,25+/m1/s1. The molecule has 1 aromatic heterocycles. The topological polar surface area (TPSA) is 135 Å². The predicted molar refractivity (Wildman–Crippen MR) is 85.0 cm³/mol. The van der Waals surface area contributed by atoms with E-state index in [1.54, 1.807) is 6.92 Å². The van der Waals surface area contributed by atoms with Gasteiger partial charge in [-0.15, -0.1) is 0 Å². The Hall–Kier alpha value is -1.29. The molecule has 3 N–H and O–H groups in total. The predicted octanol–water partition coefficient (Wildman–Crippen LogP) is 0.244. The van der Waals surface area contributed by atoms with Gasteiger partial charge in [0.25, 0.3) is 5.56 Å². The maximum atomic E-state index is 12.7. The Morgan fingerprint density at radius 3 is 2.84 bits per heavy atom. The quantitative estimate of drug-likeness (QED) is 0.720. The summed E-state index contributed by atoms with van der Waals surface area (Å²) in [6.07, 6.45) is 1.53. The number of phosphoric ester groups is 1. The van der Waals surface area contributed by atoms with Gasteiger partial charge in [0.05, 0.1) is 18.2 Å². The monoisotopic (exact) mass is 373 g/mol. The number of aromatic amines is 1. The Balaban J connectivity index is 1.60. The van der Waals surface area contributed by atoms with Crippen molar-refractivity contribution in [3.8, 4) is 0 Å². The lowest BCUT2D eigenvalue weighted by Crippen LogP contribution is -2.55. The normalized spacial score (nSPS) is 41.3. The molecule has 2 aliphatic heterocycles. The Morgan fingerprint density at radius 2 is 2.20 bits per heavy atom. The van der Waals surface area contributed by atoms with Crippen molar-refractivity contribution in [1.82, 2.24) is 9.55 Å². The second-order valence-electron chi connectivity index (χ2n) is 6.84. The molecule has 10 nitrogen and oxygen atoms in total. The number of nitrogens with one attached hydrogen (secondary N) is 1. The number of fused-ring (bicyclic) bond motifs is 1. The van der Waals surface area contributed by atoms with Gasteiger partial charge in [-0.1, -0.05) is 0 Å². The molecular weight excluding hydrogens is 353 g/mol. The molecular formula is C14H20N3O7P. The first kappa shape index (κ1) is 17.1. The maximum Gasteiger partial charge on any atom is 0.475 e. The van der Waals surface area contributed by atoms with Gasteiger partial charge >= 0.3 is 13.5 Å². The minimum Gasteiger partial charge on any atom is -0.347 e. The second kappa shape index (κ2) is 5.87. The molecule has 4 rings (SSSR count). The molecule has 1 unspecified atom stereocenters. The number of hydrogen-bond donors (Lipinski definition) is 2. The summed E-state index contributed by atoms with van der Waals surface area (Å²) in [4.78, 5) is 25.5. The lowest BCUT2D eigenvalue weighted by molar-refractivity contribution is -0.0800. The summed E-state index contributed by atoms with van der Waals surface area (Å²) < 4.78 is 36.1. The summed E-state index contributed by atoms with van der Waals surface area (Å²) in [7, 11) is -3.73. The first-order valence-corrected chi connectivity index (χ1v) is 9.62. The van der Waals surface area contributed by atoms with Crippen molar-refractivity contribution in [3.05, 3.63) is 33.1 Å². The first-order chi connectivity index (χ1) is 11.8. The fraction of sp³-hybridized carbons (Fsp3) is 0.714. The van der Waals surface area contributed by atoms with E-state index in [9.17, 15) is 14.2 Å². The number of nitrogens with two attached hydrogens (primary N) is 1. The molecule has 1 aromatic rings. The largest absolute Gasteiger partial charge is 0.475 e. The highest BCUT2D eigenvalue weighted by Crippen LogP contribution is 2.59. The Labute approximate surface area is 142 Å². The van der Waals surface area contributed by atoms with Crippen LogP contribution in [0, 0.1) is 0 Å². The molecule has 1 saturated carbocycles.